The molecule has 0 aliphatic carbocycles. The minimum absolute atomic E-state index is 0.0247. The molecule has 3 unspecified atom stereocenters. The molecule has 1 amide bonds. The van der Waals surface area contributed by atoms with Crippen LogP contribution in [0, 0.1) is 0 Å². The second kappa shape index (κ2) is 52.9. The first kappa shape index (κ1) is 70.5. The molecule has 0 aliphatic heterocycles. The number of rotatable bonds is 54. The number of phosphoric ester groups is 1. The third kappa shape index (κ3) is 54.1. The van der Waals surface area contributed by atoms with Crippen molar-refractivity contribution in [2.45, 2.75) is 277 Å². The number of ether oxygens (including phenoxy) is 1. The molecule has 1 N–H and O–H groups in total. The van der Waals surface area contributed by atoms with Gasteiger partial charge in [0, 0.05) is 12.8 Å². The molecule has 9 nitrogen and oxygen atoms in total. The second-order valence-corrected chi connectivity index (χ2v) is 22.9. The molecule has 0 fully saturated rings. The fourth-order valence-corrected chi connectivity index (χ4v) is 9.21. The molecule has 0 aromatic carbocycles. The number of nitrogens with zero attached hydrogens (tertiary/aromatic N) is 1. The summed E-state index contributed by atoms with van der Waals surface area (Å²) in [6, 6.07) is -0.890. The van der Waals surface area contributed by atoms with Gasteiger partial charge in [0.15, 0.2) is 0 Å². The summed E-state index contributed by atoms with van der Waals surface area (Å²) in [6.07, 6.45) is 67.3. The average Bonchev–Trinajstić information content (AvgIpc) is 3.35. The number of carbonyl (C=O) groups is 2. The van der Waals surface area contributed by atoms with Gasteiger partial charge in [0.1, 0.15) is 19.3 Å². The van der Waals surface area contributed by atoms with Crippen LogP contribution in [-0.2, 0) is 27.9 Å². The molecule has 10 heteroatoms. The van der Waals surface area contributed by atoms with Crippen molar-refractivity contribution >= 4 is 19.7 Å². The average molecular weight is 1040 g/mol. The van der Waals surface area contributed by atoms with Gasteiger partial charge in [0.25, 0.3) is 7.82 Å². The number of hydrogen-bond donors (Lipinski definition) is 1. The normalized spacial score (nSPS) is 14.2. The van der Waals surface area contributed by atoms with Crippen molar-refractivity contribution in [2.75, 3.05) is 40.9 Å². The fourth-order valence-electron chi connectivity index (χ4n) is 8.49. The molecule has 0 spiro atoms. The van der Waals surface area contributed by atoms with Crippen LogP contribution in [0.4, 0.5) is 0 Å². The van der Waals surface area contributed by atoms with E-state index in [1.807, 2.05) is 33.3 Å². The number of unbranched alkanes of at least 4 members (excludes halogenated alkanes) is 28. The molecule has 0 saturated heterocycles. The van der Waals surface area contributed by atoms with Gasteiger partial charge in [-0.05, 0) is 76.7 Å². The summed E-state index contributed by atoms with van der Waals surface area (Å²) < 4.78 is 30.2. The summed E-state index contributed by atoms with van der Waals surface area (Å²) in [5, 5.41) is 3.02. The highest BCUT2D eigenvalue weighted by atomic mass is 31.2. The number of nitrogens with one attached hydrogen (secondary N) is 1. The molecule has 0 heterocycles. The summed E-state index contributed by atoms with van der Waals surface area (Å²) in [5.74, 6) is -0.547. The van der Waals surface area contributed by atoms with Crippen LogP contribution in [-0.4, -0.2) is 69.4 Å². The van der Waals surface area contributed by atoms with Crippen molar-refractivity contribution in [3.63, 3.8) is 0 Å². The SMILES string of the molecule is CC/C=C\C/C=C\C/C=C\C/C=C\C/C=C\CCCCCCCCCCCC(=O)NC(COP(=O)([O-])OCC[N+](C)(C)C)C(/C=C\CCCCCCCCCCC)OC(=O)CCCCCCCCCCCCC. The van der Waals surface area contributed by atoms with Crippen LogP contribution in [0.1, 0.15) is 265 Å². The zero-order chi connectivity index (χ0) is 53.6. The Kier molecular flexibility index (Phi) is 51.0. The fraction of sp³-hybridized carbons (Fsp3) is 0.778. The number of phosphoric acid groups is 1. The highest BCUT2D eigenvalue weighted by Crippen LogP contribution is 2.38. The van der Waals surface area contributed by atoms with E-state index in [0.29, 0.717) is 17.4 Å². The smallest absolute Gasteiger partial charge is 0.306 e. The Hall–Kier alpha value is -2.55. The van der Waals surface area contributed by atoms with Crippen LogP contribution in [0.2, 0.25) is 0 Å². The lowest BCUT2D eigenvalue weighted by Gasteiger charge is -2.30. The van der Waals surface area contributed by atoms with E-state index in [4.69, 9.17) is 13.8 Å². The van der Waals surface area contributed by atoms with Crippen LogP contribution in [0.5, 0.6) is 0 Å². The lowest BCUT2D eigenvalue weighted by atomic mass is 10.0. The molecule has 0 aromatic rings. The topological polar surface area (TPSA) is 114 Å². The number of carbonyl (C=O) groups excluding carboxylic acids is 2. The highest BCUT2D eigenvalue weighted by molar-refractivity contribution is 7.45. The summed E-state index contributed by atoms with van der Waals surface area (Å²) in [7, 11) is 1.18. The van der Waals surface area contributed by atoms with Crippen molar-refractivity contribution in [3.05, 3.63) is 72.9 Å². The van der Waals surface area contributed by atoms with E-state index in [9.17, 15) is 19.0 Å². The van der Waals surface area contributed by atoms with Crippen LogP contribution >= 0.6 is 7.82 Å². The minimum atomic E-state index is -4.69. The van der Waals surface area contributed by atoms with E-state index in [2.05, 4.69) is 86.8 Å². The van der Waals surface area contributed by atoms with Crippen molar-refractivity contribution in [2.24, 2.45) is 0 Å². The first-order valence-corrected chi connectivity index (χ1v) is 31.7. The van der Waals surface area contributed by atoms with Crippen LogP contribution in [0.3, 0.4) is 0 Å². The Morgan fingerprint density at radius 3 is 1.32 bits per heavy atom. The molecule has 424 valence electrons. The Morgan fingerprint density at radius 2 is 0.877 bits per heavy atom. The summed E-state index contributed by atoms with van der Waals surface area (Å²) >= 11 is 0. The van der Waals surface area contributed by atoms with Crippen LogP contribution in [0.25, 0.3) is 0 Å². The zero-order valence-electron chi connectivity index (χ0n) is 48.3. The number of allylic oxidation sites excluding steroid dienone is 11. The second-order valence-electron chi connectivity index (χ2n) is 21.5. The predicted octanol–water partition coefficient (Wildman–Crippen LogP) is 17.8. The van der Waals surface area contributed by atoms with Gasteiger partial charge in [-0.1, -0.05) is 248 Å². The molecule has 0 aliphatic rings. The highest BCUT2D eigenvalue weighted by Gasteiger charge is 2.27. The summed E-state index contributed by atoms with van der Waals surface area (Å²) in [5.41, 5.74) is 0. The van der Waals surface area contributed by atoms with Gasteiger partial charge in [-0.15, -0.1) is 0 Å². The summed E-state index contributed by atoms with van der Waals surface area (Å²) in [4.78, 5) is 39.8. The van der Waals surface area contributed by atoms with Gasteiger partial charge < -0.3 is 28.5 Å². The largest absolute Gasteiger partial charge is 0.756 e. The predicted molar refractivity (Wildman–Crippen MR) is 312 cm³/mol. The molecular weight excluding hydrogens is 928 g/mol. The maximum Gasteiger partial charge on any atom is 0.306 e. The zero-order valence-corrected chi connectivity index (χ0v) is 49.2. The monoisotopic (exact) mass is 1040 g/mol. The molecule has 0 saturated carbocycles. The van der Waals surface area contributed by atoms with E-state index in [-0.39, 0.29) is 24.9 Å². The first-order valence-electron chi connectivity index (χ1n) is 30.2. The summed E-state index contributed by atoms with van der Waals surface area (Å²) in [6.45, 7) is 6.71. The van der Waals surface area contributed by atoms with Gasteiger partial charge in [0.05, 0.1) is 33.8 Å². The molecule has 0 aromatic heterocycles. The van der Waals surface area contributed by atoms with E-state index >= 15 is 0 Å². The maximum atomic E-state index is 13.5. The van der Waals surface area contributed by atoms with E-state index < -0.39 is 26.6 Å². The van der Waals surface area contributed by atoms with Crippen molar-refractivity contribution in [1.29, 1.82) is 0 Å². The molecule has 0 radical (unpaired) electrons. The lowest BCUT2D eigenvalue weighted by Crippen LogP contribution is -2.47. The van der Waals surface area contributed by atoms with E-state index in [1.54, 1.807) is 0 Å². The number of quaternary nitrogens is 1. The number of likely N-dealkylation sites (N-methyl/N-ethyl adjacent to an activating group) is 1. The van der Waals surface area contributed by atoms with Crippen molar-refractivity contribution < 1.29 is 37.3 Å². The molecule has 73 heavy (non-hydrogen) atoms. The van der Waals surface area contributed by atoms with Gasteiger partial charge in [-0.25, -0.2) is 0 Å². The molecule has 3 atom stereocenters. The van der Waals surface area contributed by atoms with Crippen molar-refractivity contribution in [1.82, 2.24) is 5.32 Å². The maximum absolute atomic E-state index is 13.5. The third-order valence-corrected chi connectivity index (χ3v) is 14.1. The van der Waals surface area contributed by atoms with E-state index in [1.165, 1.54) is 128 Å². The van der Waals surface area contributed by atoms with E-state index in [0.717, 1.165) is 103 Å². The number of amides is 1. The van der Waals surface area contributed by atoms with Crippen LogP contribution < -0.4 is 10.2 Å². The van der Waals surface area contributed by atoms with Crippen molar-refractivity contribution in [3.8, 4) is 0 Å². The van der Waals surface area contributed by atoms with Gasteiger partial charge in [-0.3, -0.25) is 14.2 Å². The molecule has 0 bridgehead atoms. The standard InChI is InChI=1S/C63H115N2O7P/c1-7-10-13-16-19-22-25-26-27-28-29-30-31-32-33-34-35-36-37-38-41-43-46-49-52-55-62(66)64-60(59-71-73(68,69)70-58-57-65(4,5)6)61(54-51-48-45-42-39-23-20-17-14-11-8-2)72-63(67)56-53-50-47-44-40-24-21-18-15-12-9-3/h10,13,19,22,26-27,29-30,32-33,51,54,60-61H,7-9,11-12,14-18,20-21,23-25,28,31,34-50,52-53,55-59H2,1-6H3,(H-,64,66,68,69)/b13-10-,22-19-,27-26-,30-29-,33-32-,54-51-. The first-order chi connectivity index (χ1) is 35.4. The Bertz CT molecular complexity index is 1480. The third-order valence-electron chi connectivity index (χ3n) is 13.2. The molecular formula is C63H115N2O7P. The van der Waals surface area contributed by atoms with Gasteiger partial charge in [0.2, 0.25) is 5.91 Å². The number of hydrogen-bond acceptors (Lipinski definition) is 7. The van der Waals surface area contributed by atoms with Gasteiger partial charge >= 0.3 is 5.97 Å². The minimum Gasteiger partial charge on any atom is -0.756 e. The quantitative estimate of drug-likeness (QED) is 0.0212. The number of esters is 1. The van der Waals surface area contributed by atoms with Crippen LogP contribution in [0.15, 0.2) is 72.9 Å². The van der Waals surface area contributed by atoms with Gasteiger partial charge in [-0.2, -0.15) is 0 Å². The Morgan fingerprint density at radius 1 is 0.493 bits per heavy atom. The lowest BCUT2D eigenvalue weighted by molar-refractivity contribution is -0.870. The Balaban J connectivity index is 5.10. The Labute approximate surface area is 451 Å². The molecule has 0 rings (SSSR count).